The molecule has 0 spiro atoms. The summed E-state index contributed by atoms with van der Waals surface area (Å²) in [7, 11) is 0. The van der Waals surface area contributed by atoms with Crippen molar-refractivity contribution < 1.29 is 13.9 Å². The maximum atomic E-state index is 12.0. The first-order valence-corrected chi connectivity index (χ1v) is 3.51. The number of hydrogen-bond acceptors (Lipinski definition) is 2. The van der Waals surface area contributed by atoms with Crippen molar-refractivity contribution >= 4 is 0 Å². The van der Waals surface area contributed by atoms with Crippen LogP contribution in [0.25, 0.3) is 0 Å². The zero-order chi connectivity index (χ0) is 9.14. The molecule has 0 saturated heterocycles. The number of nitrogens with zero attached hydrogens (tertiary/aromatic N) is 1. The fourth-order valence-corrected chi connectivity index (χ4v) is 0.858. The molecule has 0 bridgehead atoms. The average molecular weight is 173 g/mol. The fourth-order valence-electron chi connectivity index (χ4n) is 0.858. The molecule has 0 saturated carbocycles. The smallest absolute Gasteiger partial charge is 0.269 e. The van der Waals surface area contributed by atoms with Crippen molar-refractivity contribution in [3.8, 4) is 0 Å². The molecule has 0 aliphatic rings. The van der Waals surface area contributed by atoms with E-state index in [-0.39, 0.29) is 5.69 Å². The van der Waals surface area contributed by atoms with Gasteiger partial charge in [-0.15, -0.1) is 0 Å². The van der Waals surface area contributed by atoms with Gasteiger partial charge in [0.1, 0.15) is 0 Å². The highest BCUT2D eigenvalue weighted by Crippen LogP contribution is 2.17. The minimum absolute atomic E-state index is 0.0185. The minimum Gasteiger partial charge on any atom is -0.381 e. The third-order valence-corrected chi connectivity index (χ3v) is 1.45. The second kappa shape index (κ2) is 3.58. The Balaban J connectivity index is 2.88. The summed E-state index contributed by atoms with van der Waals surface area (Å²) in [4.78, 5) is 3.76. The van der Waals surface area contributed by atoms with Crippen LogP contribution in [0.4, 0.5) is 8.78 Å². The lowest BCUT2D eigenvalue weighted by molar-refractivity contribution is -0.00826. The topological polar surface area (TPSA) is 33.1 Å². The third kappa shape index (κ3) is 1.98. The maximum Gasteiger partial charge on any atom is 0.269 e. The van der Waals surface area contributed by atoms with Gasteiger partial charge in [0.25, 0.3) is 6.43 Å². The van der Waals surface area contributed by atoms with Gasteiger partial charge >= 0.3 is 0 Å². The molecule has 0 fully saturated rings. The van der Waals surface area contributed by atoms with Gasteiger partial charge in [-0.25, -0.2) is 8.78 Å². The average Bonchev–Trinajstić information content (AvgIpc) is 2.03. The van der Waals surface area contributed by atoms with Crippen LogP contribution in [0, 0.1) is 6.92 Å². The molecule has 1 atom stereocenters. The Bertz CT molecular complexity index is 265. The first-order valence-electron chi connectivity index (χ1n) is 3.51. The van der Waals surface area contributed by atoms with E-state index < -0.39 is 12.5 Å². The molecule has 4 heteroatoms. The molecule has 2 nitrogen and oxygen atoms in total. The lowest BCUT2D eigenvalue weighted by Gasteiger charge is -2.08. The van der Waals surface area contributed by atoms with Crippen molar-refractivity contribution in [2.24, 2.45) is 0 Å². The second-order valence-electron chi connectivity index (χ2n) is 2.48. The van der Waals surface area contributed by atoms with Crippen LogP contribution in [0.3, 0.4) is 0 Å². The van der Waals surface area contributed by atoms with E-state index in [2.05, 4.69) is 4.98 Å². The number of rotatable bonds is 2. The summed E-state index contributed by atoms with van der Waals surface area (Å²) in [6.45, 7) is 1.68. The summed E-state index contributed by atoms with van der Waals surface area (Å²) in [6.07, 6.45) is -4.55. The molecule has 0 aliphatic heterocycles. The van der Waals surface area contributed by atoms with Crippen LogP contribution in [0.2, 0.25) is 0 Å². The molecule has 0 aromatic carbocycles. The molecule has 1 N–H and O–H groups in total. The Morgan fingerprint density at radius 2 is 2.08 bits per heavy atom. The molecule has 1 unspecified atom stereocenters. The van der Waals surface area contributed by atoms with Crippen LogP contribution in [0.1, 0.15) is 17.5 Å². The third-order valence-electron chi connectivity index (χ3n) is 1.45. The van der Waals surface area contributed by atoms with E-state index in [0.29, 0.717) is 5.69 Å². The molecule has 0 radical (unpaired) electrons. The van der Waals surface area contributed by atoms with Gasteiger partial charge in [0, 0.05) is 5.69 Å². The van der Waals surface area contributed by atoms with Crippen molar-refractivity contribution in [3.05, 3.63) is 29.6 Å². The van der Waals surface area contributed by atoms with Gasteiger partial charge in [-0.3, -0.25) is 4.98 Å². The zero-order valence-corrected chi connectivity index (χ0v) is 6.54. The molecule has 1 aromatic rings. The number of alkyl halides is 2. The van der Waals surface area contributed by atoms with E-state index in [9.17, 15) is 8.78 Å². The van der Waals surface area contributed by atoms with Gasteiger partial charge in [-0.1, -0.05) is 6.07 Å². The lowest BCUT2D eigenvalue weighted by atomic mass is 10.2. The van der Waals surface area contributed by atoms with Gasteiger partial charge in [-0.05, 0) is 19.1 Å². The summed E-state index contributed by atoms with van der Waals surface area (Å²) < 4.78 is 23.9. The standard InChI is InChI=1S/C8H9F2NO/c1-5-3-2-4-6(11-5)7(12)8(9)10/h2-4,7-8,12H,1H3. The normalized spacial score (nSPS) is 13.4. The molecule has 1 rings (SSSR count). The van der Waals surface area contributed by atoms with E-state index in [1.165, 1.54) is 6.07 Å². The Hall–Kier alpha value is -1.03. The van der Waals surface area contributed by atoms with E-state index >= 15 is 0 Å². The van der Waals surface area contributed by atoms with Crippen molar-refractivity contribution in [2.75, 3.05) is 0 Å². The van der Waals surface area contributed by atoms with Gasteiger partial charge in [0.15, 0.2) is 6.10 Å². The Kier molecular flexibility index (Phi) is 2.70. The Morgan fingerprint density at radius 3 is 2.58 bits per heavy atom. The van der Waals surface area contributed by atoms with Crippen LogP contribution >= 0.6 is 0 Å². The van der Waals surface area contributed by atoms with Gasteiger partial charge < -0.3 is 5.11 Å². The predicted molar refractivity (Wildman–Crippen MR) is 39.9 cm³/mol. The first kappa shape index (κ1) is 9.06. The van der Waals surface area contributed by atoms with E-state index in [1.807, 2.05) is 0 Å². The summed E-state index contributed by atoms with van der Waals surface area (Å²) in [5.74, 6) is 0. The number of halogens is 2. The van der Waals surface area contributed by atoms with Gasteiger partial charge in [0.05, 0.1) is 5.69 Å². The van der Waals surface area contributed by atoms with Crippen LogP contribution in [0.5, 0.6) is 0 Å². The van der Waals surface area contributed by atoms with Gasteiger partial charge in [-0.2, -0.15) is 0 Å². The van der Waals surface area contributed by atoms with Crippen LogP contribution in [0.15, 0.2) is 18.2 Å². The molecular weight excluding hydrogens is 164 g/mol. The van der Waals surface area contributed by atoms with Crippen molar-refractivity contribution in [1.29, 1.82) is 0 Å². The van der Waals surface area contributed by atoms with E-state index in [1.54, 1.807) is 19.1 Å². The molecule has 0 aliphatic carbocycles. The number of aliphatic hydroxyl groups excluding tert-OH is 1. The van der Waals surface area contributed by atoms with Crippen LogP contribution in [-0.2, 0) is 0 Å². The Labute approximate surface area is 68.9 Å². The molecule has 66 valence electrons. The second-order valence-corrected chi connectivity index (χ2v) is 2.48. The molecule has 0 amide bonds. The Morgan fingerprint density at radius 1 is 1.42 bits per heavy atom. The lowest BCUT2D eigenvalue weighted by Crippen LogP contribution is -2.10. The van der Waals surface area contributed by atoms with Crippen molar-refractivity contribution in [1.82, 2.24) is 4.98 Å². The van der Waals surface area contributed by atoms with Crippen LogP contribution < -0.4 is 0 Å². The maximum absolute atomic E-state index is 12.0. The minimum atomic E-state index is -2.78. The number of hydrogen-bond donors (Lipinski definition) is 1. The summed E-state index contributed by atoms with van der Waals surface area (Å²) in [6, 6.07) is 4.65. The molecule has 1 aromatic heterocycles. The largest absolute Gasteiger partial charge is 0.381 e. The quantitative estimate of drug-likeness (QED) is 0.738. The summed E-state index contributed by atoms with van der Waals surface area (Å²) in [5, 5.41) is 8.91. The molecule has 1 heterocycles. The summed E-state index contributed by atoms with van der Waals surface area (Å²) in [5.41, 5.74) is 0.636. The van der Waals surface area contributed by atoms with Crippen LogP contribution in [-0.4, -0.2) is 16.5 Å². The van der Waals surface area contributed by atoms with E-state index in [0.717, 1.165) is 0 Å². The molecular formula is C8H9F2NO. The highest BCUT2D eigenvalue weighted by Gasteiger charge is 2.19. The summed E-state index contributed by atoms with van der Waals surface area (Å²) >= 11 is 0. The zero-order valence-electron chi connectivity index (χ0n) is 6.54. The number of pyridine rings is 1. The fraction of sp³-hybridized carbons (Fsp3) is 0.375. The van der Waals surface area contributed by atoms with E-state index in [4.69, 9.17) is 5.11 Å². The highest BCUT2D eigenvalue weighted by molar-refractivity contribution is 5.12. The van der Waals surface area contributed by atoms with Crippen molar-refractivity contribution in [2.45, 2.75) is 19.5 Å². The number of aryl methyl sites for hydroxylation is 1. The molecule has 12 heavy (non-hydrogen) atoms. The highest BCUT2D eigenvalue weighted by atomic mass is 19.3. The number of aliphatic hydroxyl groups is 1. The monoisotopic (exact) mass is 173 g/mol. The van der Waals surface area contributed by atoms with Crippen molar-refractivity contribution in [3.63, 3.8) is 0 Å². The van der Waals surface area contributed by atoms with Gasteiger partial charge in [0.2, 0.25) is 0 Å². The number of aromatic nitrogens is 1. The SMILES string of the molecule is Cc1cccc(C(O)C(F)F)n1. The first-order chi connectivity index (χ1) is 5.61. The predicted octanol–water partition coefficient (Wildman–Crippen LogP) is 1.69.